The Morgan fingerprint density at radius 2 is 1.65 bits per heavy atom. The lowest BCUT2D eigenvalue weighted by Crippen LogP contribution is -2.08. The molecule has 0 saturated carbocycles. The first kappa shape index (κ1) is 12.8. The van der Waals surface area contributed by atoms with Crippen molar-refractivity contribution in [3.05, 3.63) is 52.6 Å². The Bertz CT molecular complexity index is 727. The third-order valence-electron chi connectivity index (χ3n) is 4.41. The standard InChI is InChI=1S/C18H18O2/c1-4-12-10(2)18(20)9-16-14(12)6-5-13-11(3)17(19)8-7-15(13)16/h4,7-9,19-20H,1,5-6H2,2-3H3. The second-order valence-electron chi connectivity index (χ2n) is 5.40. The monoisotopic (exact) mass is 266 g/mol. The van der Waals surface area contributed by atoms with Gasteiger partial charge in [-0.2, -0.15) is 0 Å². The number of aromatic hydroxyl groups is 2. The molecule has 0 unspecified atom stereocenters. The zero-order valence-corrected chi connectivity index (χ0v) is 11.8. The summed E-state index contributed by atoms with van der Waals surface area (Å²) in [5.74, 6) is 0.643. The van der Waals surface area contributed by atoms with Crippen molar-refractivity contribution in [3.63, 3.8) is 0 Å². The number of benzene rings is 2. The molecule has 0 bridgehead atoms. The minimum Gasteiger partial charge on any atom is -0.508 e. The van der Waals surface area contributed by atoms with Gasteiger partial charge in [0.25, 0.3) is 0 Å². The van der Waals surface area contributed by atoms with E-state index in [9.17, 15) is 10.2 Å². The molecule has 0 atom stereocenters. The maximum absolute atomic E-state index is 10.1. The fourth-order valence-corrected chi connectivity index (χ4v) is 3.20. The smallest absolute Gasteiger partial charge is 0.119 e. The summed E-state index contributed by atoms with van der Waals surface area (Å²) in [6.07, 6.45) is 3.65. The summed E-state index contributed by atoms with van der Waals surface area (Å²) in [5, 5.41) is 20.0. The van der Waals surface area contributed by atoms with Gasteiger partial charge in [-0.05, 0) is 77.8 Å². The first-order valence-corrected chi connectivity index (χ1v) is 6.84. The molecule has 2 N–H and O–H groups in total. The van der Waals surface area contributed by atoms with E-state index in [4.69, 9.17) is 0 Å². The van der Waals surface area contributed by atoms with Crippen molar-refractivity contribution in [3.8, 4) is 22.6 Å². The van der Waals surface area contributed by atoms with Crippen molar-refractivity contribution >= 4 is 6.08 Å². The highest BCUT2D eigenvalue weighted by Gasteiger charge is 2.22. The van der Waals surface area contributed by atoms with Crippen LogP contribution in [0.15, 0.2) is 24.8 Å². The van der Waals surface area contributed by atoms with Crippen molar-refractivity contribution in [1.82, 2.24) is 0 Å². The van der Waals surface area contributed by atoms with Crippen molar-refractivity contribution in [1.29, 1.82) is 0 Å². The van der Waals surface area contributed by atoms with Gasteiger partial charge in [-0.3, -0.25) is 0 Å². The first-order valence-electron chi connectivity index (χ1n) is 6.84. The molecule has 3 rings (SSSR count). The minimum absolute atomic E-state index is 0.303. The summed E-state index contributed by atoms with van der Waals surface area (Å²) in [6.45, 7) is 7.74. The van der Waals surface area contributed by atoms with Gasteiger partial charge >= 0.3 is 0 Å². The molecule has 0 aliphatic heterocycles. The summed E-state index contributed by atoms with van der Waals surface area (Å²) in [6, 6.07) is 5.51. The van der Waals surface area contributed by atoms with Gasteiger partial charge < -0.3 is 10.2 Å². The van der Waals surface area contributed by atoms with E-state index in [1.165, 1.54) is 11.1 Å². The van der Waals surface area contributed by atoms with E-state index in [1.807, 2.05) is 32.1 Å². The van der Waals surface area contributed by atoms with Crippen molar-refractivity contribution < 1.29 is 10.2 Å². The highest BCUT2D eigenvalue weighted by molar-refractivity contribution is 5.81. The van der Waals surface area contributed by atoms with Crippen molar-refractivity contribution in [2.24, 2.45) is 0 Å². The summed E-state index contributed by atoms with van der Waals surface area (Å²) < 4.78 is 0. The van der Waals surface area contributed by atoms with Crippen molar-refractivity contribution in [2.45, 2.75) is 26.7 Å². The van der Waals surface area contributed by atoms with Gasteiger partial charge in [-0.1, -0.05) is 18.7 Å². The van der Waals surface area contributed by atoms with E-state index in [2.05, 4.69) is 6.58 Å². The molecular formula is C18H18O2. The molecule has 1 aliphatic carbocycles. The maximum Gasteiger partial charge on any atom is 0.119 e. The molecule has 2 aromatic rings. The van der Waals surface area contributed by atoms with Gasteiger partial charge in [-0.25, -0.2) is 0 Å². The summed E-state index contributed by atoms with van der Waals surface area (Å²) in [5.41, 5.74) is 7.46. The zero-order valence-electron chi connectivity index (χ0n) is 11.8. The topological polar surface area (TPSA) is 40.5 Å². The zero-order chi connectivity index (χ0) is 14.4. The van der Waals surface area contributed by atoms with E-state index >= 15 is 0 Å². The molecular weight excluding hydrogens is 248 g/mol. The van der Waals surface area contributed by atoms with E-state index in [0.717, 1.165) is 40.7 Å². The Morgan fingerprint density at radius 1 is 0.950 bits per heavy atom. The molecule has 20 heavy (non-hydrogen) atoms. The van der Waals surface area contributed by atoms with Gasteiger partial charge in [-0.15, -0.1) is 0 Å². The van der Waals surface area contributed by atoms with Crippen LogP contribution in [-0.2, 0) is 12.8 Å². The maximum atomic E-state index is 10.1. The van der Waals surface area contributed by atoms with Crippen LogP contribution < -0.4 is 0 Å². The van der Waals surface area contributed by atoms with Crippen LogP contribution in [-0.4, -0.2) is 10.2 Å². The molecule has 2 heteroatoms. The number of rotatable bonds is 1. The summed E-state index contributed by atoms with van der Waals surface area (Å²) in [7, 11) is 0. The second kappa shape index (κ2) is 4.41. The molecule has 102 valence electrons. The molecule has 0 saturated heterocycles. The molecule has 0 aromatic heterocycles. The van der Waals surface area contributed by atoms with E-state index in [1.54, 1.807) is 6.07 Å². The first-order chi connectivity index (χ1) is 9.54. The Morgan fingerprint density at radius 3 is 2.35 bits per heavy atom. The fourth-order valence-electron chi connectivity index (χ4n) is 3.20. The summed E-state index contributed by atoms with van der Waals surface area (Å²) in [4.78, 5) is 0. The molecule has 2 aromatic carbocycles. The number of hydrogen-bond acceptors (Lipinski definition) is 2. The van der Waals surface area contributed by atoms with Gasteiger partial charge in [0, 0.05) is 0 Å². The second-order valence-corrected chi connectivity index (χ2v) is 5.40. The van der Waals surface area contributed by atoms with Gasteiger partial charge in [0.15, 0.2) is 0 Å². The highest BCUT2D eigenvalue weighted by atomic mass is 16.3. The Labute approximate surface area is 119 Å². The van der Waals surface area contributed by atoms with E-state index in [0.29, 0.717) is 11.5 Å². The quantitative estimate of drug-likeness (QED) is 0.815. The Hall–Kier alpha value is -2.22. The third-order valence-corrected chi connectivity index (χ3v) is 4.41. The molecule has 1 aliphatic rings. The average Bonchev–Trinajstić information content (AvgIpc) is 2.44. The van der Waals surface area contributed by atoms with E-state index in [-0.39, 0.29) is 0 Å². The summed E-state index contributed by atoms with van der Waals surface area (Å²) >= 11 is 0. The molecule has 0 radical (unpaired) electrons. The third kappa shape index (κ3) is 1.64. The highest BCUT2D eigenvalue weighted by Crippen LogP contribution is 2.42. The molecule has 0 amide bonds. The van der Waals surface area contributed by atoms with Crippen molar-refractivity contribution in [2.75, 3.05) is 0 Å². The van der Waals surface area contributed by atoms with Crippen LogP contribution in [0, 0.1) is 13.8 Å². The SMILES string of the molecule is C=Cc1c(C)c(O)cc2c1CCc1c-2ccc(O)c1C. The van der Waals surface area contributed by atoms with Crippen LogP contribution in [0.5, 0.6) is 11.5 Å². The molecule has 0 heterocycles. The largest absolute Gasteiger partial charge is 0.508 e. The van der Waals surface area contributed by atoms with Crippen LogP contribution in [0.25, 0.3) is 17.2 Å². The number of fused-ring (bicyclic) bond motifs is 3. The number of phenols is 2. The molecule has 2 nitrogen and oxygen atoms in total. The minimum atomic E-state index is 0.303. The van der Waals surface area contributed by atoms with Crippen LogP contribution in [0.2, 0.25) is 0 Å². The lowest BCUT2D eigenvalue weighted by molar-refractivity contribution is 0.469. The van der Waals surface area contributed by atoms with Crippen LogP contribution in [0.4, 0.5) is 0 Å². The lowest BCUT2D eigenvalue weighted by Gasteiger charge is -2.25. The normalized spacial score (nSPS) is 12.7. The van der Waals surface area contributed by atoms with Gasteiger partial charge in [0.1, 0.15) is 11.5 Å². The number of phenolic OH excluding ortho intramolecular Hbond substituents is 2. The van der Waals surface area contributed by atoms with Gasteiger partial charge in [0.05, 0.1) is 0 Å². The molecule has 0 fully saturated rings. The number of hydrogen-bond donors (Lipinski definition) is 2. The van der Waals surface area contributed by atoms with Crippen LogP contribution in [0.3, 0.4) is 0 Å². The predicted octanol–water partition coefficient (Wildman–Crippen LogP) is 4.12. The average molecular weight is 266 g/mol. The van der Waals surface area contributed by atoms with Crippen LogP contribution >= 0.6 is 0 Å². The van der Waals surface area contributed by atoms with Gasteiger partial charge in [0.2, 0.25) is 0 Å². The Kier molecular flexibility index (Phi) is 2.82. The molecule has 0 spiro atoms. The predicted molar refractivity (Wildman–Crippen MR) is 82.2 cm³/mol. The Balaban J connectivity index is 2.36. The lowest BCUT2D eigenvalue weighted by atomic mass is 9.80. The van der Waals surface area contributed by atoms with Crippen LogP contribution in [0.1, 0.15) is 27.8 Å². The van der Waals surface area contributed by atoms with E-state index < -0.39 is 0 Å². The fraction of sp³-hybridized carbons (Fsp3) is 0.222.